The van der Waals surface area contributed by atoms with Gasteiger partial charge in [0.05, 0.1) is 0 Å². The Morgan fingerprint density at radius 1 is 0.917 bits per heavy atom. The molecule has 0 saturated heterocycles. The summed E-state index contributed by atoms with van der Waals surface area (Å²) in [4.78, 5) is 13.9. The Bertz CT molecular complexity index is 622. The lowest BCUT2D eigenvalue weighted by Gasteiger charge is -2.28. The summed E-state index contributed by atoms with van der Waals surface area (Å²) in [5, 5.41) is -0.240. The van der Waals surface area contributed by atoms with Gasteiger partial charge in [-0.25, -0.2) is 9.37 Å². The molecule has 14 heteroatoms. The van der Waals surface area contributed by atoms with E-state index >= 15 is 0 Å². The van der Waals surface area contributed by atoms with Crippen LogP contribution in [0, 0.1) is 0 Å². The number of amides is 1. The zero-order chi connectivity index (χ0) is 19.1. The minimum absolute atomic E-state index is 0.114. The van der Waals surface area contributed by atoms with E-state index in [-0.39, 0.29) is 6.07 Å². The number of rotatable bonds is 2. The lowest BCUT2D eigenvalue weighted by molar-refractivity contribution is -0.324. The summed E-state index contributed by atoms with van der Waals surface area (Å²) in [6.07, 6.45) is -18.6. The maximum Gasteiger partial charge on any atom is 0.441 e. The monoisotopic (exact) mass is 392 g/mol. The molecule has 0 saturated carbocycles. The molecule has 24 heavy (non-hydrogen) atoms. The molecule has 0 aliphatic rings. The van der Waals surface area contributed by atoms with Crippen LogP contribution in [0.3, 0.4) is 0 Å². The molecule has 0 spiro atoms. The first-order chi connectivity index (χ1) is 10.5. The molecule has 136 valence electrons. The second-order valence-corrected chi connectivity index (χ2v) is 4.56. The number of anilines is 1. The summed E-state index contributed by atoms with van der Waals surface area (Å²) in [6, 6.07) is 0.193. The largest absolute Gasteiger partial charge is 0.441 e. The number of nitrogens with one attached hydrogen (secondary N) is 1. The molecule has 0 fully saturated rings. The highest BCUT2D eigenvalue weighted by molar-refractivity contribution is 6.29. The van der Waals surface area contributed by atoms with Gasteiger partial charge in [0.25, 0.3) is 5.91 Å². The SMILES string of the molecule is O=C(Nc1cc(Cl)nc(C(F)(F)F)c1)C(F)(C(F)(F)F)C(F)(F)F. The van der Waals surface area contributed by atoms with Gasteiger partial charge in [0, 0.05) is 5.69 Å². The van der Waals surface area contributed by atoms with Gasteiger partial charge in [0.2, 0.25) is 0 Å². The predicted octanol–water partition coefficient (Wildman–Crippen LogP) is 4.53. The van der Waals surface area contributed by atoms with Crippen molar-refractivity contribution in [2.45, 2.75) is 24.2 Å². The van der Waals surface area contributed by atoms with Gasteiger partial charge in [0.1, 0.15) is 10.8 Å². The van der Waals surface area contributed by atoms with E-state index in [0.29, 0.717) is 6.07 Å². The van der Waals surface area contributed by atoms with Crippen molar-refractivity contribution >= 4 is 23.2 Å². The first-order valence-electron chi connectivity index (χ1n) is 5.38. The summed E-state index contributed by atoms with van der Waals surface area (Å²) < 4.78 is 125. The van der Waals surface area contributed by atoms with Gasteiger partial charge in [-0.15, -0.1) is 0 Å². The minimum Gasteiger partial charge on any atom is -0.322 e. The van der Waals surface area contributed by atoms with Crippen molar-refractivity contribution in [1.82, 2.24) is 4.98 Å². The fourth-order valence-electron chi connectivity index (χ4n) is 1.35. The molecule has 1 aromatic rings. The fraction of sp³-hybridized carbons (Fsp3) is 0.400. The Labute approximate surface area is 130 Å². The van der Waals surface area contributed by atoms with E-state index in [0.717, 1.165) is 5.32 Å². The van der Waals surface area contributed by atoms with Gasteiger partial charge in [0.15, 0.2) is 0 Å². The van der Waals surface area contributed by atoms with Crippen LogP contribution in [-0.4, -0.2) is 28.9 Å². The number of carbonyl (C=O) groups excluding carboxylic acids is 1. The van der Waals surface area contributed by atoms with E-state index in [1.165, 1.54) is 0 Å². The highest BCUT2D eigenvalue weighted by Crippen LogP contribution is 2.47. The first kappa shape index (κ1) is 20.3. The molecule has 1 heterocycles. The van der Waals surface area contributed by atoms with Crippen LogP contribution in [0.25, 0.3) is 0 Å². The van der Waals surface area contributed by atoms with Crippen molar-refractivity contribution in [1.29, 1.82) is 0 Å². The third-order valence-corrected chi connectivity index (χ3v) is 2.63. The molecule has 0 aliphatic carbocycles. The summed E-state index contributed by atoms with van der Waals surface area (Å²) in [5.74, 6) is -3.28. The van der Waals surface area contributed by atoms with Crippen molar-refractivity contribution in [3.63, 3.8) is 0 Å². The summed E-state index contributed by atoms with van der Waals surface area (Å²) in [7, 11) is 0. The van der Waals surface area contributed by atoms with Gasteiger partial charge in [-0.05, 0) is 12.1 Å². The van der Waals surface area contributed by atoms with Crippen molar-refractivity contribution in [3.8, 4) is 0 Å². The molecule has 1 N–H and O–H groups in total. The second kappa shape index (κ2) is 5.93. The number of aromatic nitrogens is 1. The molecule has 0 aliphatic heterocycles. The van der Waals surface area contributed by atoms with Crippen LogP contribution in [0.1, 0.15) is 5.69 Å². The Balaban J connectivity index is 3.30. The Morgan fingerprint density at radius 3 is 1.75 bits per heavy atom. The number of nitrogens with zero attached hydrogens (tertiary/aromatic N) is 1. The first-order valence-corrected chi connectivity index (χ1v) is 5.76. The maximum atomic E-state index is 13.4. The molecule has 0 aromatic carbocycles. The standard InChI is InChI=1S/C10H3ClF10N2O/c11-5-2-3(1-4(23-5)8(13,14)15)22-6(24)7(12,9(16,17)18)10(19,20)21/h1-2H,(H,22,23,24). The van der Waals surface area contributed by atoms with Gasteiger partial charge in [-0.3, -0.25) is 4.79 Å². The van der Waals surface area contributed by atoms with Crippen LogP contribution in [0.4, 0.5) is 49.6 Å². The molecule has 0 bridgehead atoms. The molecule has 1 aromatic heterocycles. The van der Waals surface area contributed by atoms with Crippen LogP contribution in [-0.2, 0) is 11.0 Å². The lowest BCUT2D eigenvalue weighted by atomic mass is 10.0. The van der Waals surface area contributed by atoms with E-state index in [1.54, 1.807) is 0 Å². The van der Waals surface area contributed by atoms with E-state index in [2.05, 4.69) is 4.98 Å². The van der Waals surface area contributed by atoms with E-state index in [1.807, 2.05) is 0 Å². The molecular formula is C10H3ClF10N2O. The van der Waals surface area contributed by atoms with E-state index in [4.69, 9.17) is 11.6 Å². The van der Waals surface area contributed by atoms with Crippen LogP contribution in [0.5, 0.6) is 0 Å². The van der Waals surface area contributed by atoms with Gasteiger partial charge < -0.3 is 5.32 Å². The quantitative estimate of drug-likeness (QED) is 0.594. The molecule has 3 nitrogen and oxygen atoms in total. The maximum absolute atomic E-state index is 13.4. The van der Waals surface area contributed by atoms with Crippen molar-refractivity contribution in [2.75, 3.05) is 5.32 Å². The van der Waals surface area contributed by atoms with Crippen molar-refractivity contribution in [2.24, 2.45) is 0 Å². The topological polar surface area (TPSA) is 42.0 Å². The number of hydrogen-bond donors (Lipinski definition) is 1. The zero-order valence-electron chi connectivity index (χ0n) is 10.7. The van der Waals surface area contributed by atoms with Gasteiger partial charge in [-0.1, -0.05) is 11.6 Å². The minimum atomic E-state index is -6.71. The summed E-state index contributed by atoms with van der Waals surface area (Å²) in [6.45, 7) is 0. The third kappa shape index (κ3) is 3.82. The van der Waals surface area contributed by atoms with Crippen molar-refractivity contribution in [3.05, 3.63) is 23.0 Å². The Kier molecular flexibility index (Phi) is 5.01. The highest BCUT2D eigenvalue weighted by atomic mass is 35.5. The number of carbonyl (C=O) groups is 1. The number of alkyl halides is 10. The smallest absolute Gasteiger partial charge is 0.322 e. The van der Waals surface area contributed by atoms with Gasteiger partial charge in [-0.2, -0.15) is 39.5 Å². The van der Waals surface area contributed by atoms with Crippen LogP contribution >= 0.6 is 11.6 Å². The predicted molar refractivity (Wildman–Crippen MR) is 58.8 cm³/mol. The molecular weight excluding hydrogens is 390 g/mol. The van der Waals surface area contributed by atoms with Crippen LogP contribution in [0.2, 0.25) is 5.15 Å². The molecule has 1 rings (SSSR count). The number of halogens is 11. The lowest BCUT2D eigenvalue weighted by Crippen LogP contribution is -2.60. The number of pyridine rings is 1. The third-order valence-electron chi connectivity index (χ3n) is 2.44. The van der Waals surface area contributed by atoms with E-state index in [9.17, 15) is 48.7 Å². The Morgan fingerprint density at radius 2 is 1.38 bits per heavy atom. The summed E-state index contributed by atoms with van der Waals surface area (Å²) >= 11 is 5.13. The van der Waals surface area contributed by atoms with Crippen LogP contribution < -0.4 is 5.32 Å². The zero-order valence-corrected chi connectivity index (χ0v) is 11.4. The normalized spacial score (nSPS) is 13.8. The van der Waals surface area contributed by atoms with E-state index < -0.39 is 46.6 Å². The molecule has 1 amide bonds. The second-order valence-electron chi connectivity index (χ2n) is 4.17. The average molecular weight is 393 g/mol. The number of hydrogen-bond acceptors (Lipinski definition) is 2. The Hall–Kier alpha value is -1.79. The fourth-order valence-corrected chi connectivity index (χ4v) is 1.56. The van der Waals surface area contributed by atoms with Gasteiger partial charge >= 0.3 is 24.2 Å². The van der Waals surface area contributed by atoms with Crippen molar-refractivity contribution < 1.29 is 48.7 Å². The van der Waals surface area contributed by atoms with Crippen LogP contribution in [0.15, 0.2) is 12.1 Å². The molecule has 0 radical (unpaired) electrons. The molecule has 0 unspecified atom stereocenters. The highest BCUT2D eigenvalue weighted by Gasteiger charge is 2.77. The molecule has 0 atom stereocenters. The summed E-state index contributed by atoms with van der Waals surface area (Å²) in [5.41, 5.74) is -9.43. The average Bonchev–Trinajstić information content (AvgIpc) is 2.32.